The predicted molar refractivity (Wildman–Crippen MR) is 109 cm³/mol. The zero-order valence-electron chi connectivity index (χ0n) is 15.3. The van der Waals surface area contributed by atoms with Crippen LogP contribution in [0.25, 0.3) is 39.4 Å². The van der Waals surface area contributed by atoms with Gasteiger partial charge in [0.25, 0.3) is 0 Å². The summed E-state index contributed by atoms with van der Waals surface area (Å²) in [5.41, 5.74) is 5.86. The third-order valence-electron chi connectivity index (χ3n) is 4.85. The van der Waals surface area contributed by atoms with E-state index in [-0.39, 0.29) is 5.82 Å². The molecular weight excluding hydrogens is 351 g/mol. The van der Waals surface area contributed by atoms with Crippen LogP contribution in [0, 0.1) is 5.82 Å². The first kappa shape index (κ1) is 16.6. The summed E-state index contributed by atoms with van der Waals surface area (Å²) in [5, 5.41) is 0. The Morgan fingerprint density at radius 1 is 0.821 bits per heavy atom. The van der Waals surface area contributed by atoms with Gasteiger partial charge in [-0.3, -0.25) is 4.57 Å². The molecular formula is C23H17FN4. The lowest BCUT2D eigenvalue weighted by molar-refractivity contribution is 0.628. The lowest BCUT2D eigenvalue weighted by atomic mass is 10.1. The van der Waals surface area contributed by atoms with E-state index in [1.54, 1.807) is 12.1 Å². The molecule has 0 aliphatic carbocycles. The minimum atomic E-state index is -0.277. The number of fused-ring (bicyclic) bond motifs is 2. The normalized spacial score (nSPS) is 11.4. The number of rotatable bonds is 3. The van der Waals surface area contributed by atoms with Crippen LogP contribution in [0.3, 0.4) is 0 Å². The minimum Gasteiger partial charge on any atom is -0.275 e. The Labute approximate surface area is 161 Å². The molecule has 0 N–H and O–H groups in total. The van der Waals surface area contributed by atoms with Crippen molar-refractivity contribution in [3.63, 3.8) is 0 Å². The van der Waals surface area contributed by atoms with Gasteiger partial charge in [0.2, 0.25) is 0 Å². The van der Waals surface area contributed by atoms with Crippen LogP contribution < -0.4 is 0 Å². The van der Waals surface area contributed by atoms with Crippen LogP contribution in [-0.2, 0) is 6.42 Å². The second-order valence-corrected chi connectivity index (χ2v) is 6.66. The second-order valence-electron chi connectivity index (χ2n) is 6.66. The van der Waals surface area contributed by atoms with Crippen LogP contribution in [0.2, 0.25) is 0 Å². The fourth-order valence-electron chi connectivity index (χ4n) is 3.41. The summed E-state index contributed by atoms with van der Waals surface area (Å²) in [5.74, 6) is 0.417. The summed E-state index contributed by atoms with van der Waals surface area (Å²) >= 11 is 0. The van der Waals surface area contributed by atoms with Crippen molar-refractivity contribution in [2.45, 2.75) is 13.3 Å². The van der Waals surface area contributed by atoms with E-state index in [2.05, 4.69) is 19.1 Å². The van der Waals surface area contributed by atoms with Crippen molar-refractivity contribution in [3.05, 3.63) is 84.2 Å². The zero-order valence-corrected chi connectivity index (χ0v) is 15.3. The highest BCUT2D eigenvalue weighted by Gasteiger charge is 2.17. The Bertz CT molecular complexity index is 1310. The number of nitrogens with zero attached hydrogens (tertiary/aromatic N) is 4. The van der Waals surface area contributed by atoms with Gasteiger partial charge in [0, 0.05) is 11.3 Å². The molecule has 0 spiro atoms. The Balaban J connectivity index is 1.86. The van der Waals surface area contributed by atoms with E-state index >= 15 is 0 Å². The Morgan fingerprint density at radius 2 is 1.57 bits per heavy atom. The Hall–Kier alpha value is -3.60. The van der Waals surface area contributed by atoms with Crippen molar-refractivity contribution in [1.29, 1.82) is 0 Å². The maximum Gasteiger partial charge on any atom is 0.199 e. The van der Waals surface area contributed by atoms with Gasteiger partial charge in [0.1, 0.15) is 11.6 Å². The van der Waals surface area contributed by atoms with E-state index in [1.165, 1.54) is 17.7 Å². The first-order valence-corrected chi connectivity index (χ1v) is 9.23. The third-order valence-corrected chi connectivity index (χ3v) is 4.85. The molecule has 0 atom stereocenters. The average molecular weight is 368 g/mol. The number of imidazole rings is 1. The number of hydrogen-bond donors (Lipinski definition) is 0. The van der Waals surface area contributed by atoms with Gasteiger partial charge in [-0.25, -0.2) is 19.3 Å². The molecule has 5 aromatic rings. The van der Waals surface area contributed by atoms with Crippen LogP contribution in [0.15, 0.2) is 72.8 Å². The molecule has 4 nitrogen and oxygen atoms in total. The molecule has 0 aliphatic heterocycles. The van der Waals surface area contributed by atoms with Gasteiger partial charge in [-0.1, -0.05) is 31.2 Å². The van der Waals surface area contributed by atoms with Gasteiger partial charge in [-0.2, -0.15) is 0 Å². The van der Waals surface area contributed by atoms with Gasteiger partial charge in [0.05, 0.1) is 11.0 Å². The van der Waals surface area contributed by atoms with Crippen molar-refractivity contribution < 1.29 is 4.39 Å². The summed E-state index contributed by atoms with van der Waals surface area (Å²) in [6.45, 7) is 2.12. The summed E-state index contributed by atoms with van der Waals surface area (Å²) in [6.07, 6.45) is 0.932. The highest BCUT2D eigenvalue weighted by atomic mass is 19.1. The lowest BCUT2D eigenvalue weighted by Crippen LogP contribution is -2.00. The van der Waals surface area contributed by atoms with Crippen molar-refractivity contribution in [2.24, 2.45) is 0 Å². The second kappa shape index (κ2) is 6.53. The fourth-order valence-corrected chi connectivity index (χ4v) is 3.41. The van der Waals surface area contributed by atoms with Crippen molar-refractivity contribution in [3.8, 4) is 17.1 Å². The molecule has 5 rings (SSSR count). The molecule has 5 heteroatoms. The lowest BCUT2D eigenvalue weighted by Gasteiger charge is -2.10. The Kier molecular flexibility index (Phi) is 3.86. The molecule has 0 aliphatic rings. The number of para-hydroxylation sites is 2. The third kappa shape index (κ3) is 2.72. The van der Waals surface area contributed by atoms with Crippen LogP contribution in [-0.4, -0.2) is 19.5 Å². The standard InChI is InChI=1S/C23H17FN4/c1-2-15-6-5-7-18(14-15)28-22(16-10-12-17(24)13-11-16)27-21-23(28)26-20-9-4-3-8-19(20)25-21/h3-14H,2H2,1H3. The SMILES string of the molecule is CCc1cccc(-n2c(-c3ccc(F)cc3)nc3nc4ccccc4nc32)c1. The van der Waals surface area contributed by atoms with Gasteiger partial charge in [0.15, 0.2) is 11.3 Å². The molecule has 0 bridgehead atoms. The maximum absolute atomic E-state index is 13.5. The summed E-state index contributed by atoms with van der Waals surface area (Å²) < 4.78 is 15.5. The topological polar surface area (TPSA) is 43.6 Å². The van der Waals surface area contributed by atoms with Crippen LogP contribution >= 0.6 is 0 Å². The molecule has 2 heterocycles. The van der Waals surface area contributed by atoms with Gasteiger partial charge in [-0.15, -0.1) is 0 Å². The first-order chi connectivity index (χ1) is 13.7. The molecule has 0 amide bonds. The smallest absolute Gasteiger partial charge is 0.199 e. The van der Waals surface area contributed by atoms with E-state index in [1.807, 2.05) is 41.0 Å². The molecule has 136 valence electrons. The average Bonchev–Trinajstić information content (AvgIpc) is 3.10. The van der Waals surface area contributed by atoms with Gasteiger partial charge >= 0.3 is 0 Å². The highest BCUT2D eigenvalue weighted by molar-refractivity contribution is 5.86. The molecule has 3 aromatic carbocycles. The van der Waals surface area contributed by atoms with Crippen LogP contribution in [0.1, 0.15) is 12.5 Å². The molecule has 0 saturated heterocycles. The number of aryl methyl sites for hydroxylation is 1. The molecule has 0 radical (unpaired) electrons. The molecule has 0 fully saturated rings. The van der Waals surface area contributed by atoms with E-state index in [4.69, 9.17) is 15.0 Å². The largest absolute Gasteiger partial charge is 0.275 e. The summed E-state index contributed by atoms with van der Waals surface area (Å²) in [6, 6.07) is 22.4. The van der Waals surface area contributed by atoms with Crippen LogP contribution in [0.5, 0.6) is 0 Å². The van der Waals surface area contributed by atoms with E-state index in [0.29, 0.717) is 17.1 Å². The first-order valence-electron chi connectivity index (χ1n) is 9.23. The van der Waals surface area contributed by atoms with Crippen LogP contribution in [0.4, 0.5) is 4.39 Å². The number of halogens is 1. The van der Waals surface area contributed by atoms with E-state index in [0.717, 1.165) is 28.7 Å². The van der Waals surface area contributed by atoms with Gasteiger partial charge in [-0.05, 0) is 60.5 Å². The van der Waals surface area contributed by atoms with Crippen molar-refractivity contribution in [2.75, 3.05) is 0 Å². The van der Waals surface area contributed by atoms with E-state index < -0.39 is 0 Å². The van der Waals surface area contributed by atoms with Crippen molar-refractivity contribution >= 4 is 22.3 Å². The molecule has 0 saturated carbocycles. The molecule has 0 unspecified atom stereocenters. The fraction of sp³-hybridized carbons (Fsp3) is 0.0870. The highest BCUT2D eigenvalue weighted by Crippen LogP contribution is 2.28. The maximum atomic E-state index is 13.5. The van der Waals surface area contributed by atoms with E-state index in [9.17, 15) is 4.39 Å². The minimum absolute atomic E-state index is 0.277. The zero-order chi connectivity index (χ0) is 19.1. The van der Waals surface area contributed by atoms with Crippen molar-refractivity contribution in [1.82, 2.24) is 19.5 Å². The predicted octanol–water partition coefficient (Wildman–Crippen LogP) is 5.34. The monoisotopic (exact) mass is 368 g/mol. The summed E-state index contributed by atoms with van der Waals surface area (Å²) in [7, 11) is 0. The Morgan fingerprint density at radius 3 is 2.32 bits per heavy atom. The number of hydrogen-bond acceptors (Lipinski definition) is 3. The number of benzene rings is 3. The molecule has 2 aromatic heterocycles. The van der Waals surface area contributed by atoms with Gasteiger partial charge < -0.3 is 0 Å². The molecule has 28 heavy (non-hydrogen) atoms. The number of aromatic nitrogens is 4. The quantitative estimate of drug-likeness (QED) is 0.432. The summed E-state index contributed by atoms with van der Waals surface area (Å²) in [4.78, 5) is 14.3.